The summed E-state index contributed by atoms with van der Waals surface area (Å²) in [6.45, 7) is 3.28. The Kier molecular flexibility index (Phi) is 6.45. The smallest absolute Gasteiger partial charge is 0.182 e. The van der Waals surface area contributed by atoms with E-state index in [1.54, 1.807) is 24.3 Å². The van der Waals surface area contributed by atoms with Crippen LogP contribution in [-0.2, 0) is 6.42 Å². The lowest BCUT2D eigenvalue weighted by atomic mass is 10.1. The predicted octanol–water partition coefficient (Wildman–Crippen LogP) is 5.56. The molecule has 0 saturated heterocycles. The monoisotopic (exact) mass is 368 g/mol. The van der Waals surface area contributed by atoms with Crippen LogP contribution in [0.2, 0.25) is 5.02 Å². The molecule has 0 saturated carbocycles. The van der Waals surface area contributed by atoms with E-state index in [4.69, 9.17) is 16.6 Å². The molecule has 3 nitrogen and oxygen atoms in total. The van der Waals surface area contributed by atoms with Gasteiger partial charge in [0.05, 0.1) is 6.54 Å². The fraction of sp³-hybridized carbons (Fsp3) is 0.364. The van der Waals surface area contributed by atoms with E-state index < -0.39 is 0 Å². The molecule has 0 atom stereocenters. The molecule has 0 aromatic heterocycles. The van der Waals surface area contributed by atoms with Gasteiger partial charge in [0.15, 0.2) is 5.78 Å². The first-order valence-corrected chi connectivity index (χ1v) is 9.73. The summed E-state index contributed by atoms with van der Waals surface area (Å²) in [6, 6.07) is 15.6. The first kappa shape index (κ1) is 18.7. The van der Waals surface area contributed by atoms with Gasteiger partial charge in [-0.05, 0) is 61.2 Å². The molecule has 0 bridgehead atoms. The van der Waals surface area contributed by atoms with Gasteiger partial charge in [-0.15, -0.1) is 0 Å². The van der Waals surface area contributed by atoms with E-state index >= 15 is 0 Å². The molecule has 3 rings (SSSR count). The molecular formula is C22H25ClN2O. The summed E-state index contributed by atoms with van der Waals surface area (Å²) in [4.78, 5) is 19.7. The Morgan fingerprint density at radius 3 is 2.46 bits per heavy atom. The number of carbonyl (C=O) groups is 1. The summed E-state index contributed by atoms with van der Waals surface area (Å²) in [7, 11) is 0. The van der Waals surface area contributed by atoms with Crippen LogP contribution in [0.5, 0.6) is 0 Å². The fourth-order valence-corrected chi connectivity index (χ4v) is 3.32. The minimum Gasteiger partial charge on any atom is -0.322 e. The van der Waals surface area contributed by atoms with E-state index in [1.165, 1.54) is 12.0 Å². The number of carbonyl (C=O) groups excluding carboxylic acids is 1. The molecule has 2 aromatic carbocycles. The molecule has 1 aliphatic rings. The van der Waals surface area contributed by atoms with Crippen LogP contribution >= 0.6 is 11.6 Å². The highest BCUT2D eigenvalue weighted by Crippen LogP contribution is 2.21. The number of benzene rings is 2. The molecule has 0 aliphatic carbocycles. The molecule has 136 valence electrons. The van der Waals surface area contributed by atoms with Crippen molar-refractivity contribution in [2.75, 3.05) is 18.0 Å². The third-order valence-corrected chi connectivity index (χ3v) is 5.04. The van der Waals surface area contributed by atoms with Crippen LogP contribution in [0.3, 0.4) is 0 Å². The maximum Gasteiger partial charge on any atom is 0.182 e. The van der Waals surface area contributed by atoms with E-state index in [-0.39, 0.29) is 5.78 Å². The Bertz CT molecular complexity index is 766. The Morgan fingerprint density at radius 1 is 1.04 bits per heavy atom. The average molecular weight is 369 g/mol. The highest BCUT2D eigenvalue weighted by molar-refractivity contribution is 6.30. The summed E-state index contributed by atoms with van der Waals surface area (Å²) in [6.07, 6.45) is 5.36. The van der Waals surface area contributed by atoms with Crippen molar-refractivity contribution in [1.82, 2.24) is 0 Å². The molecule has 0 spiro atoms. The highest BCUT2D eigenvalue weighted by atomic mass is 35.5. The van der Waals surface area contributed by atoms with Crippen LogP contribution in [0.1, 0.15) is 48.5 Å². The molecule has 2 aromatic rings. The van der Waals surface area contributed by atoms with Crippen LogP contribution in [0.4, 0.5) is 5.69 Å². The third-order valence-electron chi connectivity index (χ3n) is 4.79. The molecular weight excluding hydrogens is 344 g/mol. The molecule has 0 radical (unpaired) electrons. The number of hydrogen-bond donors (Lipinski definition) is 0. The fourth-order valence-electron chi connectivity index (χ4n) is 3.19. The molecule has 1 heterocycles. The minimum atomic E-state index is 0.0770. The normalized spacial score (nSPS) is 14.5. The number of aryl methyl sites for hydroxylation is 1. The molecule has 1 aliphatic heterocycles. The van der Waals surface area contributed by atoms with Gasteiger partial charge in [0.25, 0.3) is 0 Å². The van der Waals surface area contributed by atoms with Crippen molar-refractivity contribution in [3.05, 3.63) is 64.7 Å². The first-order chi connectivity index (χ1) is 12.7. The topological polar surface area (TPSA) is 32.7 Å². The zero-order valence-electron chi connectivity index (χ0n) is 15.2. The lowest BCUT2D eigenvalue weighted by Crippen LogP contribution is -2.36. The summed E-state index contributed by atoms with van der Waals surface area (Å²) < 4.78 is 0. The Hall–Kier alpha value is -2.13. The average Bonchev–Trinajstić information content (AvgIpc) is 2.96. The second-order valence-corrected chi connectivity index (χ2v) is 7.08. The first-order valence-electron chi connectivity index (χ1n) is 9.36. The number of aliphatic imine (C=N–C) groups is 1. The second kappa shape index (κ2) is 9.00. The van der Waals surface area contributed by atoms with Crippen molar-refractivity contribution < 1.29 is 4.79 Å². The zero-order chi connectivity index (χ0) is 18.4. The summed E-state index contributed by atoms with van der Waals surface area (Å²) in [5, 5.41) is 0.640. The van der Waals surface area contributed by atoms with Gasteiger partial charge in [-0.2, -0.15) is 0 Å². The van der Waals surface area contributed by atoms with Gasteiger partial charge in [-0.3, -0.25) is 9.79 Å². The quantitative estimate of drug-likeness (QED) is 0.647. The van der Waals surface area contributed by atoms with Gasteiger partial charge in [0, 0.05) is 29.2 Å². The zero-order valence-corrected chi connectivity index (χ0v) is 16.0. The minimum absolute atomic E-state index is 0.0770. The number of amidine groups is 1. The largest absolute Gasteiger partial charge is 0.322 e. The van der Waals surface area contributed by atoms with Gasteiger partial charge in [0.2, 0.25) is 0 Å². The van der Waals surface area contributed by atoms with Gasteiger partial charge < -0.3 is 4.90 Å². The van der Waals surface area contributed by atoms with Gasteiger partial charge >= 0.3 is 0 Å². The van der Waals surface area contributed by atoms with Crippen LogP contribution in [0, 0.1) is 0 Å². The molecule has 0 N–H and O–H groups in total. The van der Waals surface area contributed by atoms with Crippen LogP contribution in [-0.4, -0.2) is 24.7 Å². The molecule has 0 amide bonds. The summed E-state index contributed by atoms with van der Waals surface area (Å²) in [5.74, 6) is 1.10. The SMILES string of the molecule is CCc1ccc(N(CC(=O)c2ccc(Cl)cc2)C2=NCCCCC2)cc1. The highest BCUT2D eigenvalue weighted by Gasteiger charge is 2.19. The summed E-state index contributed by atoms with van der Waals surface area (Å²) >= 11 is 5.95. The maximum absolute atomic E-state index is 12.9. The Morgan fingerprint density at radius 2 is 1.77 bits per heavy atom. The van der Waals surface area contributed by atoms with Crippen LogP contribution in [0.15, 0.2) is 53.5 Å². The number of ketones is 1. The van der Waals surface area contributed by atoms with Crippen molar-refractivity contribution in [3.63, 3.8) is 0 Å². The Balaban J connectivity index is 1.87. The number of hydrogen-bond acceptors (Lipinski definition) is 3. The molecule has 0 unspecified atom stereocenters. The molecule has 26 heavy (non-hydrogen) atoms. The van der Waals surface area contributed by atoms with Gasteiger partial charge in [0.1, 0.15) is 5.84 Å². The molecule has 4 heteroatoms. The second-order valence-electron chi connectivity index (χ2n) is 6.64. The lowest BCUT2D eigenvalue weighted by molar-refractivity contribution is 0.100. The molecule has 0 fully saturated rings. The summed E-state index contributed by atoms with van der Waals surface area (Å²) in [5.41, 5.74) is 3.00. The van der Waals surface area contributed by atoms with E-state index in [0.29, 0.717) is 17.1 Å². The van der Waals surface area contributed by atoms with Crippen molar-refractivity contribution in [2.45, 2.75) is 39.0 Å². The van der Waals surface area contributed by atoms with Crippen molar-refractivity contribution in [2.24, 2.45) is 4.99 Å². The number of nitrogens with zero attached hydrogens (tertiary/aromatic N) is 2. The van der Waals surface area contributed by atoms with Crippen molar-refractivity contribution >= 4 is 28.9 Å². The van der Waals surface area contributed by atoms with E-state index in [1.807, 2.05) is 0 Å². The maximum atomic E-state index is 12.9. The lowest BCUT2D eigenvalue weighted by Gasteiger charge is -2.26. The standard InChI is InChI=1S/C22H25ClN2O/c1-2-17-7-13-20(14-8-17)25(22-6-4-3-5-15-24-22)16-21(26)18-9-11-19(23)12-10-18/h7-14H,2-6,15-16H2,1H3. The van der Waals surface area contributed by atoms with E-state index in [9.17, 15) is 4.79 Å². The van der Waals surface area contributed by atoms with Crippen molar-refractivity contribution in [3.8, 4) is 0 Å². The number of rotatable bonds is 5. The van der Waals surface area contributed by atoms with E-state index in [2.05, 4.69) is 36.1 Å². The number of Topliss-reactive ketones (excluding diaryl/α,β-unsaturated/α-hetero) is 1. The van der Waals surface area contributed by atoms with Crippen LogP contribution in [0.25, 0.3) is 0 Å². The van der Waals surface area contributed by atoms with Crippen LogP contribution < -0.4 is 4.90 Å². The Labute approximate surface area is 160 Å². The van der Waals surface area contributed by atoms with Gasteiger partial charge in [-0.25, -0.2) is 0 Å². The number of anilines is 1. The third kappa shape index (κ3) is 4.73. The van der Waals surface area contributed by atoms with Gasteiger partial charge in [-0.1, -0.05) is 37.1 Å². The number of halogens is 1. The predicted molar refractivity (Wildman–Crippen MR) is 110 cm³/mol. The van der Waals surface area contributed by atoms with E-state index in [0.717, 1.165) is 43.8 Å². The van der Waals surface area contributed by atoms with Crippen molar-refractivity contribution in [1.29, 1.82) is 0 Å².